The van der Waals surface area contributed by atoms with E-state index in [-0.39, 0.29) is 1.43 Å². The van der Waals surface area contributed by atoms with Crippen LogP contribution in [0, 0.1) is 0 Å². The van der Waals surface area contributed by atoms with E-state index in [9.17, 15) is 0 Å². The highest BCUT2D eigenvalue weighted by atomic mass is 15.3. The van der Waals surface area contributed by atoms with Gasteiger partial charge in [-0.25, -0.2) is 0 Å². The van der Waals surface area contributed by atoms with Crippen LogP contribution in [0.25, 0.3) is 0 Å². The SMILES string of the molecule is [HH].c1cn[nH]n1. The molecule has 1 aromatic heterocycles. The van der Waals surface area contributed by atoms with E-state index in [1.807, 2.05) is 0 Å². The lowest BCUT2D eigenvalue weighted by Crippen LogP contribution is -1.61. The van der Waals surface area contributed by atoms with Gasteiger partial charge in [0.15, 0.2) is 0 Å². The van der Waals surface area contributed by atoms with Crippen molar-refractivity contribution in [2.45, 2.75) is 0 Å². The molecule has 5 heavy (non-hydrogen) atoms. The first-order valence-corrected chi connectivity index (χ1v) is 1.30. The molecule has 0 aliphatic carbocycles. The zero-order chi connectivity index (χ0) is 3.54. The number of hydrogen-bond donors (Lipinski definition) is 1. The van der Waals surface area contributed by atoms with E-state index < -0.39 is 0 Å². The van der Waals surface area contributed by atoms with Gasteiger partial charge in [0.25, 0.3) is 0 Å². The Morgan fingerprint density at radius 3 is 2.20 bits per heavy atom. The minimum absolute atomic E-state index is 0. The molecule has 0 spiro atoms. The fourth-order valence-electron chi connectivity index (χ4n) is 0.167. The van der Waals surface area contributed by atoms with Crippen molar-refractivity contribution >= 4 is 0 Å². The summed E-state index contributed by atoms with van der Waals surface area (Å²) in [6.45, 7) is 0. The largest absolute Gasteiger partial charge is 0.198 e. The Morgan fingerprint density at radius 1 is 1.40 bits per heavy atom. The Bertz CT molecular complexity index is 65.3. The van der Waals surface area contributed by atoms with Crippen LogP contribution in [0.4, 0.5) is 0 Å². The summed E-state index contributed by atoms with van der Waals surface area (Å²) in [6.07, 6.45) is 3.17. The van der Waals surface area contributed by atoms with E-state index in [4.69, 9.17) is 0 Å². The molecular formula is C2H5N3. The van der Waals surface area contributed by atoms with E-state index in [1.54, 1.807) is 12.4 Å². The lowest BCUT2D eigenvalue weighted by atomic mass is 11.0. The number of H-pyrrole nitrogens is 1. The summed E-state index contributed by atoms with van der Waals surface area (Å²) in [7, 11) is 0. The van der Waals surface area contributed by atoms with Crippen LogP contribution in [-0.4, -0.2) is 15.4 Å². The van der Waals surface area contributed by atoms with Crippen LogP contribution in [0.3, 0.4) is 0 Å². The normalized spacial score (nSPS) is 8.00. The maximum Gasteiger partial charge on any atom is 0.0690 e. The average molecular weight is 71.1 g/mol. The zero-order valence-corrected chi connectivity index (χ0v) is 2.55. The Labute approximate surface area is 30.5 Å². The number of nitrogens with zero attached hydrogens (tertiary/aromatic N) is 2. The van der Waals surface area contributed by atoms with Gasteiger partial charge >= 0.3 is 0 Å². The van der Waals surface area contributed by atoms with Gasteiger partial charge in [0, 0.05) is 1.43 Å². The first-order valence-electron chi connectivity index (χ1n) is 1.30. The van der Waals surface area contributed by atoms with Gasteiger partial charge in [0.05, 0.1) is 12.4 Å². The summed E-state index contributed by atoms with van der Waals surface area (Å²) in [4.78, 5) is 0. The van der Waals surface area contributed by atoms with Crippen molar-refractivity contribution in [3.63, 3.8) is 0 Å². The molecule has 0 amide bonds. The van der Waals surface area contributed by atoms with Gasteiger partial charge in [-0.2, -0.15) is 15.4 Å². The fraction of sp³-hybridized carbons (Fsp3) is 0. The number of hydrogen-bond acceptors (Lipinski definition) is 2. The highest BCUT2D eigenvalue weighted by Gasteiger charge is 1.57. The number of rotatable bonds is 0. The van der Waals surface area contributed by atoms with Gasteiger partial charge in [-0.05, 0) is 0 Å². The molecule has 0 saturated carbocycles. The second-order valence-electron chi connectivity index (χ2n) is 0.656. The molecule has 1 N–H and O–H groups in total. The molecule has 0 radical (unpaired) electrons. The molecule has 0 bridgehead atoms. The van der Waals surface area contributed by atoms with E-state index in [1.165, 1.54) is 0 Å². The van der Waals surface area contributed by atoms with E-state index in [0.717, 1.165) is 0 Å². The quantitative estimate of drug-likeness (QED) is 0.469. The molecular weight excluding hydrogens is 66.0 g/mol. The third-order valence-electron chi connectivity index (χ3n) is 0.331. The minimum Gasteiger partial charge on any atom is -0.198 e. The monoisotopic (exact) mass is 71.0 g/mol. The van der Waals surface area contributed by atoms with E-state index in [0.29, 0.717) is 0 Å². The van der Waals surface area contributed by atoms with Crippen molar-refractivity contribution in [3.8, 4) is 0 Å². The smallest absolute Gasteiger partial charge is 0.0690 e. The molecule has 3 nitrogen and oxygen atoms in total. The van der Waals surface area contributed by atoms with Gasteiger partial charge in [-0.15, -0.1) is 0 Å². The van der Waals surface area contributed by atoms with Crippen molar-refractivity contribution in [2.75, 3.05) is 0 Å². The van der Waals surface area contributed by atoms with Crippen LogP contribution >= 0.6 is 0 Å². The molecule has 1 rings (SSSR count). The van der Waals surface area contributed by atoms with Crippen molar-refractivity contribution in [1.29, 1.82) is 0 Å². The topological polar surface area (TPSA) is 41.6 Å². The van der Waals surface area contributed by atoms with E-state index >= 15 is 0 Å². The van der Waals surface area contributed by atoms with Crippen LogP contribution in [0.2, 0.25) is 0 Å². The summed E-state index contributed by atoms with van der Waals surface area (Å²) in [5.74, 6) is 0. The fourth-order valence-corrected chi connectivity index (χ4v) is 0.167. The van der Waals surface area contributed by atoms with Gasteiger partial charge < -0.3 is 0 Å². The lowest BCUT2D eigenvalue weighted by Gasteiger charge is -1.48. The Balaban J connectivity index is 0.000000250. The Hall–Kier alpha value is -0.860. The third-order valence-corrected chi connectivity index (χ3v) is 0.331. The minimum atomic E-state index is 0. The molecule has 0 fully saturated rings. The van der Waals surface area contributed by atoms with Crippen LogP contribution in [-0.2, 0) is 0 Å². The number of nitrogens with one attached hydrogen (secondary N) is 1. The summed E-state index contributed by atoms with van der Waals surface area (Å²) in [6, 6.07) is 0. The Kier molecular flexibility index (Phi) is 0.400. The van der Waals surface area contributed by atoms with Crippen LogP contribution in [0.15, 0.2) is 12.4 Å². The van der Waals surface area contributed by atoms with Gasteiger partial charge in [-0.1, -0.05) is 0 Å². The number of aromatic amines is 1. The van der Waals surface area contributed by atoms with E-state index in [2.05, 4.69) is 15.4 Å². The predicted molar refractivity (Wildman–Crippen MR) is 18.5 cm³/mol. The van der Waals surface area contributed by atoms with Crippen molar-refractivity contribution in [2.24, 2.45) is 0 Å². The first kappa shape index (κ1) is 2.38. The standard InChI is InChI=1S/C2H3N3.H2/c1-2-4-5-3-1;/h1-2H,(H,3,4,5);1H. The average Bonchev–Trinajstić information content (AvgIpc) is 1.76. The molecule has 0 aliphatic heterocycles. The number of aromatic nitrogens is 3. The second kappa shape index (κ2) is 0.839. The summed E-state index contributed by atoms with van der Waals surface area (Å²) in [5, 5.41) is 9.33. The summed E-state index contributed by atoms with van der Waals surface area (Å²) >= 11 is 0. The van der Waals surface area contributed by atoms with Crippen molar-refractivity contribution < 1.29 is 1.43 Å². The molecule has 0 unspecified atom stereocenters. The molecule has 0 aliphatic rings. The third kappa shape index (κ3) is 0.238. The maximum absolute atomic E-state index is 3.49. The van der Waals surface area contributed by atoms with Gasteiger partial charge in [0.2, 0.25) is 0 Å². The molecule has 1 aromatic rings. The van der Waals surface area contributed by atoms with Crippen LogP contribution in [0.5, 0.6) is 0 Å². The highest BCUT2D eigenvalue weighted by Crippen LogP contribution is 1.55. The first-order chi connectivity index (χ1) is 2.50. The van der Waals surface area contributed by atoms with Crippen molar-refractivity contribution in [3.05, 3.63) is 12.4 Å². The van der Waals surface area contributed by atoms with Gasteiger partial charge in [-0.3, -0.25) is 0 Å². The highest BCUT2D eigenvalue weighted by molar-refractivity contribution is 4.54. The molecule has 28 valence electrons. The molecule has 0 aromatic carbocycles. The molecule has 3 heteroatoms. The lowest BCUT2D eigenvalue weighted by molar-refractivity contribution is 0.940. The summed E-state index contributed by atoms with van der Waals surface area (Å²) < 4.78 is 0. The summed E-state index contributed by atoms with van der Waals surface area (Å²) in [5.41, 5.74) is 0. The Morgan fingerprint density at radius 2 is 2.00 bits per heavy atom. The predicted octanol–water partition coefficient (Wildman–Crippen LogP) is 0.0507. The zero-order valence-electron chi connectivity index (χ0n) is 2.55. The van der Waals surface area contributed by atoms with Crippen LogP contribution in [0.1, 0.15) is 1.43 Å². The van der Waals surface area contributed by atoms with Gasteiger partial charge in [0.1, 0.15) is 0 Å². The molecule has 0 saturated heterocycles. The van der Waals surface area contributed by atoms with Crippen molar-refractivity contribution in [1.82, 2.24) is 15.4 Å². The maximum atomic E-state index is 3.49. The van der Waals surface area contributed by atoms with Crippen LogP contribution < -0.4 is 0 Å². The molecule has 0 atom stereocenters. The second-order valence-corrected chi connectivity index (χ2v) is 0.656. The molecule has 1 heterocycles.